The van der Waals surface area contributed by atoms with E-state index in [0.717, 1.165) is 12.0 Å². The maximum Gasteiger partial charge on any atom is 0.333 e. The smallest absolute Gasteiger partial charge is 0.333 e. The van der Waals surface area contributed by atoms with Crippen LogP contribution in [0.5, 0.6) is 0 Å². The van der Waals surface area contributed by atoms with E-state index in [1.807, 2.05) is 0 Å². The molecular weight excluding hydrogens is 329 g/mol. The molecule has 6 nitrogen and oxygen atoms in total. The molecule has 0 saturated carbocycles. The molecule has 128 valence electrons. The Kier molecular flexibility index (Phi) is 5.22. The summed E-state index contributed by atoms with van der Waals surface area (Å²) in [6.07, 6.45) is 1.07. The average Bonchev–Trinajstić information content (AvgIpc) is 3.05. The first kappa shape index (κ1) is 17.5. The lowest BCUT2D eigenvalue weighted by Crippen LogP contribution is -2.37. The molecule has 1 amide bonds. The first-order chi connectivity index (χ1) is 11.3. The summed E-state index contributed by atoms with van der Waals surface area (Å²) < 4.78 is 49.2. The van der Waals surface area contributed by atoms with Gasteiger partial charge in [-0.25, -0.2) is 18.0 Å². The molecule has 0 aliphatic carbocycles. The van der Waals surface area contributed by atoms with E-state index in [2.05, 4.69) is 14.4 Å². The Morgan fingerprint density at radius 2 is 1.92 bits per heavy atom. The van der Waals surface area contributed by atoms with Gasteiger partial charge in [0.15, 0.2) is 23.5 Å². The van der Waals surface area contributed by atoms with Crippen LogP contribution in [-0.2, 0) is 20.7 Å². The number of aromatic nitrogens is 1. The molecule has 1 aromatic carbocycles. The van der Waals surface area contributed by atoms with E-state index in [1.54, 1.807) is 0 Å². The van der Waals surface area contributed by atoms with Gasteiger partial charge < -0.3 is 14.2 Å². The molecule has 1 unspecified atom stereocenters. The van der Waals surface area contributed by atoms with Crippen LogP contribution in [0.15, 0.2) is 29.0 Å². The molecule has 0 fully saturated rings. The molecule has 0 saturated heterocycles. The van der Waals surface area contributed by atoms with Crippen molar-refractivity contribution in [3.63, 3.8) is 0 Å². The highest BCUT2D eigenvalue weighted by molar-refractivity contribution is 5.86. The van der Waals surface area contributed by atoms with Gasteiger partial charge >= 0.3 is 5.97 Å². The molecule has 0 aliphatic rings. The number of ether oxygens (including phenoxy) is 1. The molecule has 2 rings (SSSR count). The topological polar surface area (TPSA) is 72.6 Å². The number of carbonyl (C=O) groups excluding carboxylic acids is 2. The number of carbonyl (C=O) groups is 2. The number of nitrogens with zero attached hydrogens (tertiary/aromatic N) is 2. The van der Waals surface area contributed by atoms with Crippen LogP contribution in [0.4, 0.5) is 13.2 Å². The predicted molar refractivity (Wildman–Crippen MR) is 74.1 cm³/mol. The van der Waals surface area contributed by atoms with Gasteiger partial charge in [-0.05, 0) is 17.7 Å². The zero-order chi connectivity index (χ0) is 17.9. The molecular formula is C15H13F3N2O4. The normalized spacial score (nSPS) is 11.9. The maximum atomic E-state index is 13.4. The minimum absolute atomic E-state index is 0.202. The van der Waals surface area contributed by atoms with Crippen LogP contribution >= 0.6 is 0 Å². The minimum Gasteiger partial charge on any atom is -0.467 e. The fourth-order valence-corrected chi connectivity index (χ4v) is 2.11. The van der Waals surface area contributed by atoms with E-state index in [9.17, 15) is 22.8 Å². The summed E-state index contributed by atoms with van der Waals surface area (Å²) >= 11 is 0. The van der Waals surface area contributed by atoms with Crippen LogP contribution in [0.1, 0.15) is 17.3 Å². The summed E-state index contributed by atoms with van der Waals surface area (Å²) in [4.78, 5) is 25.2. The summed E-state index contributed by atoms with van der Waals surface area (Å²) in [5.41, 5.74) is 0.0567. The van der Waals surface area contributed by atoms with Crippen molar-refractivity contribution in [3.8, 4) is 0 Å². The van der Waals surface area contributed by atoms with Crippen molar-refractivity contribution < 1.29 is 32.0 Å². The van der Waals surface area contributed by atoms with Gasteiger partial charge in [0.25, 0.3) is 0 Å². The fraction of sp³-hybridized carbons (Fsp3) is 0.267. The van der Waals surface area contributed by atoms with E-state index in [0.29, 0.717) is 17.8 Å². The van der Waals surface area contributed by atoms with Gasteiger partial charge in [0, 0.05) is 13.1 Å². The van der Waals surface area contributed by atoms with Crippen molar-refractivity contribution in [1.29, 1.82) is 0 Å². The Hall–Kier alpha value is -2.84. The molecule has 1 heterocycles. The van der Waals surface area contributed by atoms with Crippen LogP contribution in [0.3, 0.4) is 0 Å². The Morgan fingerprint density at radius 3 is 2.42 bits per heavy atom. The van der Waals surface area contributed by atoms with Crippen molar-refractivity contribution >= 4 is 11.9 Å². The minimum atomic E-state index is -1.67. The Bertz CT molecular complexity index is 726. The molecule has 0 spiro atoms. The average molecular weight is 342 g/mol. The van der Waals surface area contributed by atoms with Gasteiger partial charge in [-0.3, -0.25) is 4.79 Å². The number of halogens is 3. The van der Waals surface area contributed by atoms with Gasteiger partial charge in [-0.1, -0.05) is 5.16 Å². The quantitative estimate of drug-likeness (QED) is 0.614. The van der Waals surface area contributed by atoms with Gasteiger partial charge in [0.1, 0.15) is 6.26 Å². The summed E-state index contributed by atoms with van der Waals surface area (Å²) in [6.45, 7) is 0. The third-order valence-electron chi connectivity index (χ3n) is 3.35. The fourth-order valence-electron chi connectivity index (χ4n) is 2.11. The maximum absolute atomic E-state index is 13.4. The van der Waals surface area contributed by atoms with Crippen molar-refractivity contribution in [2.45, 2.75) is 12.5 Å². The van der Waals surface area contributed by atoms with Gasteiger partial charge in [0.05, 0.1) is 19.2 Å². The number of methoxy groups -OCH3 is 1. The molecule has 0 aliphatic heterocycles. The Balaban J connectivity index is 2.34. The van der Waals surface area contributed by atoms with Crippen LogP contribution in [0, 0.1) is 17.5 Å². The van der Waals surface area contributed by atoms with Crippen LogP contribution in [0.2, 0.25) is 0 Å². The summed E-state index contributed by atoms with van der Waals surface area (Å²) in [7, 11) is 2.31. The monoisotopic (exact) mass is 342 g/mol. The standard InChI is InChI=1S/C15H13F3N2O4/c1-20(12(21)7-9-3-4-24-19-9)14(15(22)23-2)8-5-10(16)13(18)11(17)6-8/h3-6,14H,7H2,1-2H3. The lowest BCUT2D eigenvalue weighted by Gasteiger charge is -2.26. The van der Waals surface area contributed by atoms with Gasteiger partial charge in [0.2, 0.25) is 5.91 Å². The highest BCUT2D eigenvalue weighted by atomic mass is 19.2. The third kappa shape index (κ3) is 3.55. The van der Waals surface area contributed by atoms with Crippen molar-refractivity contribution in [2.75, 3.05) is 14.2 Å². The number of hydrogen-bond acceptors (Lipinski definition) is 5. The third-order valence-corrected chi connectivity index (χ3v) is 3.35. The Morgan fingerprint density at radius 1 is 1.29 bits per heavy atom. The zero-order valence-electron chi connectivity index (χ0n) is 12.8. The van der Waals surface area contributed by atoms with Crippen molar-refractivity contribution in [2.24, 2.45) is 0 Å². The lowest BCUT2D eigenvalue weighted by molar-refractivity contribution is -0.152. The molecule has 0 N–H and O–H groups in total. The molecule has 0 radical (unpaired) electrons. The number of rotatable bonds is 5. The highest BCUT2D eigenvalue weighted by Gasteiger charge is 2.31. The van der Waals surface area contributed by atoms with E-state index in [-0.39, 0.29) is 12.0 Å². The SMILES string of the molecule is COC(=O)C(c1cc(F)c(F)c(F)c1)N(C)C(=O)Cc1ccon1. The Labute approximate surface area is 134 Å². The van der Waals surface area contributed by atoms with E-state index in [4.69, 9.17) is 0 Å². The van der Waals surface area contributed by atoms with E-state index < -0.39 is 35.4 Å². The molecule has 1 atom stereocenters. The van der Waals surface area contributed by atoms with Crippen LogP contribution < -0.4 is 0 Å². The van der Waals surface area contributed by atoms with Crippen molar-refractivity contribution in [3.05, 3.63) is 53.2 Å². The van der Waals surface area contributed by atoms with E-state index >= 15 is 0 Å². The highest BCUT2D eigenvalue weighted by Crippen LogP contribution is 2.25. The van der Waals surface area contributed by atoms with Crippen LogP contribution in [-0.4, -0.2) is 36.1 Å². The molecule has 2 aromatic rings. The number of benzene rings is 1. The lowest BCUT2D eigenvalue weighted by atomic mass is 10.0. The van der Waals surface area contributed by atoms with Crippen molar-refractivity contribution in [1.82, 2.24) is 10.1 Å². The number of esters is 1. The first-order valence-corrected chi connectivity index (χ1v) is 6.72. The predicted octanol–water partition coefficient (Wildman–Crippen LogP) is 2.01. The van der Waals surface area contributed by atoms with Gasteiger partial charge in [-0.2, -0.15) is 0 Å². The molecule has 24 heavy (non-hydrogen) atoms. The number of likely N-dealkylation sites (N-methyl/N-ethyl adjacent to an activating group) is 1. The van der Waals surface area contributed by atoms with Gasteiger partial charge in [-0.15, -0.1) is 0 Å². The van der Waals surface area contributed by atoms with E-state index in [1.165, 1.54) is 19.4 Å². The molecule has 0 bridgehead atoms. The zero-order valence-corrected chi connectivity index (χ0v) is 12.8. The number of amides is 1. The first-order valence-electron chi connectivity index (χ1n) is 6.72. The second-order valence-electron chi connectivity index (χ2n) is 4.90. The molecule has 1 aromatic heterocycles. The largest absolute Gasteiger partial charge is 0.467 e. The van der Waals surface area contributed by atoms with Crippen LogP contribution in [0.25, 0.3) is 0 Å². The molecule has 9 heteroatoms. The second kappa shape index (κ2) is 7.16. The second-order valence-corrected chi connectivity index (χ2v) is 4.90. The number of hydrogen-bond donors (Lipinski definition) is 0. The summed E-state index contributed by atoms with van der Waals surface area (Å²) in [5, 5.41) is 3.57. The summed E-state index contributed by atoms with van der Waals surface area (Å²) in [6, 6.07) is 1.29. The summed E-state index contributed by atoms with van der Waals surface area (Å²) in [5.74, 6) is -6.13.